The Labute approximate surface area is 830 Å². The summed E-state index contributed by atoms with van der Waals surface area (Å²) in [5, 5.41) is -0.254. The fourth-order valence-electron chi connectivity index (χ4n) is 21.4. The highest BCUT2D eigenvalue weighted by atomic mass is 19.4. The third-order valence-electron chi connectivity index (χ3n) is 28.6. The quantitative estimate of drug-likeness (QED) is 0.109. The minimum Gasteiger partial charge on any atom is -0.308 e. The first-order valence-electron chi connectivity index (χ1n) is 47.1. The van der Waals surface area contributed by atoms with Crippen molar-refractivity contribution >= 4 is 87.2 Å². The lowest BCUT2D eigenvalue weighted by Gasteiger charge is -2.24. The van der Waals surface area contributed by atoms with E-state index in [2.05, 4.69) is 0 Å². The predicted molar refractivity (Wildman–Crippen MR) is 536 cm³/mol. The lowest BCUT2D eigenvalue weighted by Crippen LogP contribution is -2.11. The number of aromatic nitrogens is 4. The molecule has 21 rings (SSSR count). The molecule has 0 radical (unpaired) electrons. The summed E-state index contributed by atoms with van der Waals surface area (Å²) < 4.78 is 390. The summed E-state index contributed by atoms with van der Waals surface area (Å²) in [7, 11) is 0. The van der Waals surface area contributed by atoms with Gasteiger partial charge in [-0.1, -0.05) is 229 Å². The summed E-state index contributed by atoms with van der Waals surface area (Å²) in [4.78, 5) is 0. The highest BCUT2D eigenvalue weighted by Crippen LogP contribution is 2.67. The molecule has 17 aromatic carbocycles. The van der Waals surface area contributed by atoms with Gasteiger partial charge in [-0.15, -0.1) is 0 Å². The number of hydrogen-bond acceptors (Lipinski definition) is 0. The van der Waals surface area contributed by atoms with Crippen LogP contribution in [0.3, 0.4) is 0 Å². The molecule has 0 aliphatic rings. The Hall–Kier alpha value is -15.0. The van der Waals surface area contributed by atoms with E-state index in [-0.39, 0.29) is 199 Å². The first-order chi connectivity index (χ1) is 69.1. The van der Waals surface area contributed by atoms with E-state index in [1.54, 1.807) is 115 Å². The number of halogens is 24. The van der Waals surface area contributed by atoms with Gasteiger partial charge in [0.2, 0.25) is 0 Å². The molecule has 0 aliphatic heterocycles. The van der Waals surface area contributed by atoms with Crippen LogP contribution >= 0.6 is 0 Å². The van der Waals surface area contributed by atoms with Gasteiger partial charge in [0.15, 0.2) is 0 Å². The van der Waals surface area contributed by atoms with Crippen molar-refractivity contribution in [3.8, 4) is 112 Å². The summed E-state index contributed by atoms with van der Waals surface area (Å²) in [6.07, 6.45) is -41.1. The van der Waals surface area contributed by atoms with Crippen molar-refractivity contribution in [2.24, 2.45) is 0 Å². The van der Waals surface area contributed by atoms with E-state index in [1.165, 1.54) is 0 Å². The van der Waals surface area contributed by atoms with Gasteiger partial charge in [-0.05, 0) is 234 Å². The fraction of sp³-hybridized carbons (Fsp3) is 0.200. The van der Waals surface area contributed by atoms with Crippen molar-refractivity contribution in [2.45, 2.75) is 154 Å². The van der Waals surface area contributed by atoms with E-state index < -0.39 is 116 Å². The standard InChI is InChI=1S/C120H84F24N4/c1-109(2,3)69-45-53-81(54-46-69)145-101-85(61-13-29-73(30-14-61)113(121,122)123)87(63-17-33-75(34-18-63)115(127,128)129)103-95-93(101)94-96-98-100-99-97(95)105(146(103)82-55-47-70(48-56-82)110(4,5)6)89(65-21-37-77(38-22-65)117(133,134)135)91(67-25-41-79(42-26-67)119(139,140)141)107(99)148(84-59-51-72(52-60-84)112(10,11)12)108(100)92(68-27-43-80(44-28-68)120(142,143)144)90(66-23-39-78(40-24-66)118(136,137)138)106(98)147(83-57-49-71(50-58-83)111(7,8)9)104(96)88(64-19-35-76(36-20-64)116(130,131)132)86(102(94)145)62-15-31-74(32-16-62)114(124,125)126/h13-60H,1-12H3. The van der Waals surface area contributed by atoms with Gasteiger partial charge in [-0.25, -0.2) is 0 Å². The number of rotatable bonds is 12. The van der Waals surface area contributed by atoms with E-state index in [0.717, 1.165) is 194 Å². The molecule has 4 heterocycles. The number of benzene rings is 16. The SMILES string of the molecule is CC(C)(C)c1ccc(-n2c3c(-c4ccc(C(F)(F)F)cc4)c(-c4ccc(C(F)(F)F)cc4)c4c5c3c3c6c7c8c9c5c(c(-c5ccc(C(F)(F)F)cc5)c(-c5ccc(C(F)(F)F)cc5)c9n(-c5ccc(C(C)(C)C)cc5)c8c(-c5ccc(C(F)(F)F)cc5)c(-c5ccc(C(F)(F)F)cc5)c7n(-c5ccc(C(C)(C)C)cc5)c6c(-c5ccc(C(F)(F)F)cc5)c(-c5ccc(C(F)(F)F)cc5)c32)n4-c2ccc(C(C)(C)C)cc2)cc1. The van der Waals surface area contributed by atoms with Crippen LogP contribution in [-0.4, -0.2) is 18.3 Å². The molecule has 4 nitrogen and oxygen atoms in total. The van der Waals surface area contributed by atoms with E-state index in [1.807, 2.05) is 83.1 Å². The molecular weight excluding hydrogens is 1950 g/mol. The van der Waals surface area contributed by atoms with Crippen LogP contribution in [0, 0.1) is 0 Å². The van der Waals surface area contributed by atoms with Crippen molar-refractivity contribution in [1.29, 1.82) is 0 Å². The summed E-state index contributed by atoms with van der Waals surface area (Å²) in [5.74, 6) is 0. The highest BCUT2D eigenvalue weighted by molar-refractivity contribution is 6.53. The molecule has 0 atom stereocenters. The van der Waals surface area contributed by atoms with Crippen LogP contribution in [0.2, 0.25) is 0 Å². The van der Waals surface area contributed by atoms with Crippen LogP contribution in [-0.2, 0) is 71.1 Å². The fourth-order valence-corrected chi connectivity index (χ4v) is 21.4. The van der Waals surface area contributed by atoms with Gasteiger partial charge < -0.3 is 18.3 Å². The van der Waals surface area contributed by atoms with E-state index >= 15 is 105 Å². The van der Waals surface area contributed by atoms with Gasteiger partial charge in [0.05, 0.1) is 88.6 Å². The van der Waals surface area contributed by atoms with Crippen molar-refractivity contribution in [3.05, 3.63) is 358 Å². The van der Waals surface area contributed by atoms with Crippen molar-refractivity contribution in [2.75, 3.05) is 0 Å². The first-order valence-corrected chi connectivity index (χ1v) is 47.1. The second-order valence-corrected chi connectivity index (χ2v) is 41.9. The summed E-state index contributed by atoms with van der Waals surface area (Å²) in [6, 6.07) is 57.1. The normalized spacial score (nSPS) is 13.5. The Morgan fingerprint density at radius 3 is 0.291 bits per heavy atom. The molecule has 0 amide bonds. The smallest absolute Gasteiger partial charge is 0.308 e. The number of hydrogen-bond donors (Lipinski definition) is 0. The Morgan fingerprint density at radius 1 is 0.122 bits per heavy atom. The van der Waals surface area contributed by atoms with Crippen molar-refractivity contribution < 1.29 is 105 Å². The first kappa shape index (κ1) is 99.0. The van der Waals surface area contributed by atoms with Crippen LogP contribution in [0.5, 0.6) is 0 Å². The zero-order valence-corrected chi connectivity index (χ0v) is 80.6. The molecule has 21 aromatic rings. The average Bonchev–Trinajstić information content (AvgIpc) is 1.46. The second kappa shape index (κ2) is 33.3. The monoisotopic (exact) mass is 2040 g/mol. The molecule has 28 heteroatoms. The largest absolute Gasteiger partial charge is 0.416 e. The zero-order chi connectivity index (χ0) is 106. The van der Waals surface area contributed by atoms with Gasteiger partial charge in [0.25, 0.3) is 0 Å². The molecular formula is C120H84F24N4. The van der Waals surface area contributed by atoms with Gasteiger partial charge in [0, 0.05) is 110 Å². The maximum absolute atomic E-state index is 16.0. The molecule has 0 saturated heterocycles. The molecule has 0 unspecified atom stereocenters. The van der Waals surface area contributed by atoms with Gasteiger partial charge in [-0.3, -0.25) is 0 Å². The van der Waals surface area contributed by atoms with E-state index in [4.69, 9.17) is 0 Å². The molecule has 0 fully saturated rings. The zero-order valence-electron chi connectivity index (χ0n) is 80.6. The molecule has 0 spiro atoms. The molecule has 752 valence electrons. The third kappa shape index (κ3) is 16.3. The Bertz CT molecular complexity index is 7310. The van der Waals surface area contributed by atoms with Crippen molar-refractivity contribution in [3.63, 3.8) is 0 Å². The lowest BCUT2D eigenvalue weighted by atomic mass is 9.82. The van der Waals surface area contributed by atoms with E-state index in [9.17, 15) is 0 Å². The Morgan fingerprint density at radius 2 is 0.209 bits per heavy atom. The van der Waals surface area contributed by atoms with Crippen LogP contribution in [0.4, 0.5) is 105 Å². The summed E-state index contributed by atoms with van der Waals surface area (Å²) in [5.41, 5.74) is -13.7. The molecule has 148 heavy (non-hydrogen) atoms. The molecule has 0 bridgehead atoms. The molecule has 0 N–H and O–H groups in total. The Balaban J connectivity index is 1.24. The topological polar surface area (TPSA) is 19.7 Å². The predicted octanol–water partition coefficient (Wildman–Crippen LogP) is 39.1. The Kier molecular flexibility index (Phi) is 22.3. The maximum atomic E-state index is 16.0. The lowest BCUT2D eigenvalue weighted by molar-refractivity contribution is -0.138. The van der Waals surface area contributed by atoms with Crippen LogP contribution in [0.25, 0.3) is 199 Å². The minimum absolute atomic E-state index is 0.0318. The number of alkyl halides is 24. The van der Waals surface area contributed by atoms with Gasteiger partial charge in [-0.2, -0.15) is 105 Å². The summed E-state index contributed by atoms with van der Waals surface area (Å²) in [6.45, 7) is 22.6. The van der Waals surface area contributed by atoms with Crippen LogP contribution < -0.4 is 0 Å². The molecule has 4 aromatic heterocycles. The van der Waals surface area contributed by atoms with Gasteiger partial charge in [0.1, 0.15) is 0 Å². The maximum Gasteiger partial charge on any atom is 0.416 e. The highest BCUT2D eigenvalue weighted by Gasteiger charge is 2.46. The third-order valence-corrected chi connectivity index (χ3v) is 28.6. The van der Waals surface area contributed by atoms with Gasteiger partial charge >= 0.3 is 49.4 Å². The van der Waals surface area contributed by atoms with Crippen LogP contribution in [0.1, 0.15) is 150 Å². The second-order valence-electron chi connectivity index (χ2n) is 41.9. The minimum atomic E-state index is -5.14. The van der Waals surface area contributed by atoms with Crippen LogP contribution in [0.15, 0.2) is 291 Å². The summed E-state index contributed by atoms with van der Waals surface area (Å²) >= 11 is 0. The van der Waals surface area contributed by atoms with Crippen molar-refractivity contribution in [1.82, 2.24) is 18.3 Å². The molecule has 0 aliphatic carbocycles. The molecule has 0 saturated carbocycles. The number of nitrogens with zero attached hydrogens (tertiary/aromatic N) is 4. The average molecular weight is 2040 g/mol. The van der Waals surface area contributed by atoms with E-state index in [0.29, 0.717) is 22.3 Å².